The molecule has 0 spiro atoms. The second-order valence-electron chi connectivity index (χ2n) is 3.60. The zero-order valence-corrected chi connectivity index (χ0v) is 10.5. The quantitative estimate of drug-likeness (QED) is 0.721. The first-order valence-electron chi connectivity index (χ1n) is 4.95. The van der Waals surface area contributed by atoms with Crippen molar-refractivity contribution in [3.05, 3.63) is 51.8 Å². The molecule has 1 aromatic heterocycles. The van der Waals surface area contributed by atoms with Gasteiger partial charge in [0.05, 0.1) is 5.56 Å². The van der Waals surface area contributed by atoms with Crippen LogP contribution in [-0.2, 0) is 0 Å². The molecule has 0 fully saturated rings. The van der Waals surface area contributed by atoms with Crippen molar-refractivity contribution in [2.45, 2.75) is 6.92 Å². The second-order valence-corrected chi connectivity index (χ2v) is 4.39. The van der Waals surface area contributed by atoms with Crippen molar-refractivity contribution in [2.24, 2.45) is 0 Å². The Balaban J connectivity index is 2.71. The molecule has 0 amide bonds. The molecule has 0 saturated heterocycles. The number of benzene rings is 1. The summed E-state index contributed by atoms with van der Waals surface area (Å²) < 4.78 is 0. The number of hydrogen-bond acceptors (Lipinski definition) is 2. The third kappa shape index (κ3) is 2.41. The molecule has 0 saturated carbocycles. The number of nitriles is 1. The molecule has 84 valence electrons. The molecule has 0 aliphatic heterocycles. The topological polar surface area (TPSA) is 36.7 Å². The van der Waals surface area contributed by atoms with Crippen LogP contribution < -0.4 is 0 Å². The van der Waals surface area contributed by atoms with Gasteiger partial charge in [0.2, 0.25) is 0 Å². The summed E-state index contributed by atoms with van der Waals surface area (Å²) in [7, 11) is 0. The van der Waals surface area contributed by atoms with E-state index in [-0.39, 0.29) is 5.15 Å². The lowest BCUT2D eigenvalue weighted by molar-refractivity contribution is 1.19. The van der Waals surface area contributed by atoms with Crippen LogP contribution >= 0.6 is 23.2 Å². The Morgan fingerprint density at radius 2 is 2.00 bits per heavy atom. The Labute approximate surface area is 109 Å². The number of aryl methyl sites for hydroxylation is 1. The maximum absolute atomic E-state index is 9.11. The van der Waals surface area contributed by atoms with Crippen LogP contribution in [0.2, 0.25) is 10.2 Å². The standard InChI is InChI=1S/C13H8Cl2N2/c1-8-5-11(12(7-16)13(15)17-8)9-3-2-4-10(14)6-9/h2-6H,1H3. The van der Waals surface area contributed by atoms with Gasteiger partial charge < -0.3 is 0 Å². The fourth-order valence-corrected chi connectivity index (χ4v) is 2.09. The van der Waals surface area contributed by atoms with Crippen LogP contribution in [-0.4, -0.2) is 4.98 Å². The largest absolute Gasteiger partial charge is 0.240 e. The molecule has 0 aliphatic rings. The lowest BCUT2D eigenvalue weighted by atomic mass is 10.0. The molecule has 0 unspecified atom stereocenters. The molecule has 0 bridgehead atoms. The van der Waals surface area contributed by atoms with E-state index in [1.54, 1.807) is 12.1 Å². The number of rotatable bonds is 1. The average molecular weight is 263 g/mol. The van der Waals surface area contributed by atoms with Crippen molar-refractivity contribution in [1.29, 1.82) is 5.26 Å². The van der Waals surface area contributed by atoms with Crippen LogP contribution in [0.25, 0.3) is 11.1 Å². The Morgan fingerprint density at radius 3 is 2.65 bits per heavy atom. The van der Waals surface area contributed by atoms with E-state index >= 15 is 0 Å². The molecule has 0 radical (unpaired) electrons. The third-order valence-electron chi connectivity index (χ3n) is 2.35. The highest BCUT2D eigenvalue weighted by Crippen LogP contribution is 2.29. The van der Waals surface area contributed by atoms with Gasteiger partial charge >= 0.3 is 0 Å². The van der Waals surface area contributed by atoms with Crippen LogP contribution in [0.5, 0.6) is 0 Å². The maximum Gasteiger partial charge on any atom is 0.147 e. The van der Waals surface area contributed by atoms with Gasteiger partial charge in [0.1, 0.15) is 11.2 Å². The number of nitrogens with zero attached hydrogens (tertiary/aromatic N) is 2. The molecular weight excluding hydrogens is 255 g/mol. The van der Waals surface area contributed by atoms with Crippen LogP contribution in [0.3, 0.4) is 0 Å². The van der Waals surface area contributed by atoms with E-state index in [0.29, 0.717) is 10.6 Å². The number of pyridine rings is 1. The molecule has 17 heavy (non-hydrogen) atoms. The second kappa shape index (κ2) is 4.75. The molecule has 1 aromatic carbocycles. The van der Waals surface area contributed by atoms with Crippen molar-refractivity contribution in [2.75, 3.05) is 0 Å². The molecule has 0 atom stereocenters. The van der Waals surface area contributed by atoms with E-state index in [1.807, 2.05) is 25.1 Å². The van der Waals surface area contributed by atoms with Crippen molar-refractivity contribution >= 4 is 23.2 Å². The Kier molecular flexibility index (Phi) is 3.33. The van der Waals surface area contributed by atoms with Crippen molar-refractivity contribution in [3.8, 4) is 17.2 Å². The van der Waals surface area contributed by atoms with Gasteiger partial charge in [-0.2, -0.15) is 5.26 Å². The minimum Gasteiger partial charge on any atom is -0.240 e. The van der Waals surface area contributed by atoms with E-state index in [2.05, 4.69) is 11.1 Å². The molecule has 2 nitrogen and oxygen atoms in total. The molecule has 0 N–H and O–H groups in total. The summed E-state index contributed by atoms with van der Waals surface area (Å²) >= 11 is 11.9. The fourth-order valence-electron chi connectivity index (χ4n) is 1.63. The summed E-state index contributed by atoms with van der Waals surface area (Å²) in [4.78, 5) is 4.06. The average Bonchev–Trinajstić information content (AvgIpc) is 2.28. The van der Waals surface area contributed by atoms with Crippen molar-refractivity contribution in [1.82, 2.24) is 4.98 Å². The Hall–Kier alpha value is -1.56. The van der Waals surface area contributed by atoms with Gasteiger partial charge in [-0.15, -0.1) is 0 Å². The third-order valence-corrected chi connectivity index (χ3v) is 2.86. The molecule has 0 aliphatic carbocycles. The molecule has 4 heteroatoms. The highest BCUT2D eigenvalue weighted by molar-refractivity contribution is 6.31. The van der Waals surface area contributed by atoms with Crippen LogP contribution in [0, 0.1) is 18.3 Å². The predicted molar refractivity (Wildman–Crippen MR) is 69.1 cm³/mol. The first-order chi connectivity index (χ1) is 8.11. The zero-order chi connectivity index (χ0) is 12.4. The minimum atomic E-state index is 0.225. The van der Waals surface area contributed by atoms with Crippen LogP contribution in [0.15, 0.2) is 30.3 Å². The maximum atomic E-state index is 9.11. The lowest BCUT2D eigenvalue weighted by Crippen LogP contribution is -1.92. The van der Waals surface area contributed by atoms with Crippen molar-refractivity contribution < 1.29 is 0 Å². The highest BCUT2D eigenvalue weighted by Gasteiger charge is 2.11. The molecule has 2 aromatic rings. The summed E-state index contributed by atoms with van der Waals surface area (Å²) in [6.45, 7) is 1.83. The SMILES string of the molecule is Cc1cc(-c2cccc(Cl)c2)c(C#N)c(Cl)n1. The van der Waals surface area contributed by atoms with Gasteiger partial charge in [-0.25, -0.2) is 4.98 Å². The van der Waals surface area contributed by atoms with Gasteiger partial charge in [-0.05, 0) is 30.7 Å². The Bertz CT molecular complexity index is 615. The van der Waals surface area contributed by atoms with Gasteiger partial charge in [-0.1, -0.05) is 35.3 Å². The number of halogens is 2. The summed E-state index contributed by atoms with van der Waals surface area (Å²) in [5.41, 5.74) is 2.76. The van der Waals surface area contributed by atoms with Gasteiger partial charge in [0.25, 0.3) is 0 Å². The van der Waals surface area contributed by atoms with E-state index < -0.39 is 0 Å². The van der Waals surface area contributed by atoms with E-state index in [4.69, 9.17) is 28.5 Å². The first kappa shape index (κ1) is 11.9. The van der Waals surface area contributed by atoms with Crippen molar-refractivity contribution in [3.63, 3.8) is 0 Å². The molecule has 1 heterocycles. The normalized spacial score (nSPS) is 10.0. The lowest BCUT2D eigenvalue weighted by Gasteiger charge is -2.07. The van der Waals surface area contributed by atoms with Crippen LogP contribution in [0.4, 0.5) is 0 Å². The first-order valence-corrected chi connectivity index (χ1v) is 5.70. The van der Waals surface area contributed by atoms with E-state index in [9.17, 15) is 0 Å². The minimum absolute atomic E-state index is 0.225. The predicted octanol–water partition coefficient (Wildman–Crippen LogP) is 4.24. The summed E-state index contributed by atoms with van der Waals surface area (Å²) in [5, 5.41) is 9.96. The molecular formula is C13H8Cl2N2. The highest BCUT2D eigenvalue weighted by atomic mass is 35.5. The summed E-state index contributed by atoms with van der Waals surface area (Å²) in [6, 6.07) is 11.2. The van der Waals surface area contributed by atoms with Gasteiger partial charge in [0, 0.05) is 16.3 Å². The zero-order valence-electron chi connectivity index (χ0n) is 9.04. The number of aromatic nitrogens is 1. The summed E-state index contributed by atoms with van der Waals surface area (Å²) in [5.74, 6) is 0. The van der Waals surface area contributed by atoms with E-state index in [1.165, 1.54) is 0 Å². The van der Waals surface area contributed by atoms with Gasteiger partial charge in [0.15, 0.2) is 0 Å². The Morgan fingerprint density at radius 1 is 1.24 bits per heavy atom. The smallest absolute Gasteiger partial charge is 0.147 e. The number of hydrogen-bond donors (Lipinski definition) is 0. The van der Waals surface area contributed by atoms with Gasteiger partial charge in [-0.3, -0.25) is 0 Å². The fraction of sp³-hybridized carbons (Fsp3) is 0.0769. The monoisotopic (exact) mass is 262 g/mol. The van der Waals surface area contributed by atoms with Crippen LogP contribution in [0.1, 0.15) is 11.3 Å². The van der Waals surface area contributed by atoms with E-state index in [0.717, 1.165) is 16.8 Å². The summed E-state index contributed by atoms with van der Waals surface area (Å²) in [6.07, 6.45) is 0. The molecule has 2 rings (SSSR count).